The average Bonchev–Trinajstić information content (AvgIpc) is 3.05. The zero-order valence-corrected chi connectivity index (χ0v) is 17.2. The van der Waals surface area contributed by atoms with Crippen molar-refractivity contribution in [3.05, 3.63) is 89.6 Å². The highest BCUT2D eigenvalue weighted by Crippen LogP contribution is 2.38. The lowest BCUT2D eigenvalue weighted by atomic mass is 10.0. The van der Waals surface area contributed by atoms with Crippen LogP contribution in [-0.2, 0) is 9.59 Å². The number of carbonyl (C=O) groups excluding carboxylic acids is 2. The Morgan fingerprint density at radius 3 is 2.12 bits per heavy atom. The van der Waals surface area contributed by atoms with Gasteiger partial charge in [-0.15, -0.1) is 0 Å². The fourth-order valence-corrected chi connectivity index (χ4v) is 3.49. The van der Waals surface area contributed by atoms with Crippen molar-refractivity contribution in [2.75, 3.05) is 24.4 Å². The Balaban J connectivity index is 1.89. The number of rotatable bonds is 6. The van der Waals surface area contributed by atoms with E-state index in [0.29, 0.717) is 22.7 Å². The van der Waals surface area contributed by atoms with Crippen LogP contribution in [0.15, 0.2) is 72.4 Å². The van der Waals surface area contributed by atoms with E-state index in [9.17, 15) is 18.4 Å². The van der Waals surface area contributed by atoms with Crippen molar-refractivity contribution < 1.29 is 27.8 Å². The molecule has 0 aromatic heterocycles. The first kappa shape index (κ1) is 21.0. The number of carbonyl (C=O) groups is 2. The fraction of sp³-hybridized carbons (Fsp3) is 0.0833. The second-order valence-electron chi connectivity index (χ2n) is 6.82. The van der Waals surface area contributed by atoms with E-state index in [1.165, 1.54) is 20.3 Å². The first-order valence-corrected chi connectivity index (χ1v) is 9.57. The number of anilines is 2. The normalized spacial score (nSPS) is 13.6. The summed E-state index contributed by atoms with van der Waals surface area (Å²) in [7, 11) is 2.92. The second kappa shape index (κ2) is 8.50. The number of methoxy groups -OCH3 is 2. The summed E-state index contributed by atoms with van der Waals surface area (Å²) in [6.45, 7) is 0. The molecule has 1 aliphatic heterocycles. The summed E-state index contributed by atoms with van der Waals surface area (Å²) in [4.78, 5) is 27.6. The molecule has 6 nitrogen and oxygen atoms in total. The van der Waals surface area contributed by atoms with Gasteiger partial charge in [0.05, 0.1) is 31.2 Å². The number of para-hydroxylation sites is 3. The molecule has 0 fully saturated rings. The number of halogens is 2. The predicted octanol–water partition coefficient (Wildman–Crippen LogP) is 4.38. The van der Waals surface area contributed by atoms with E-state index in [4.69, 9.17) is 9.47 Å². The highest BCUT2D eigenvalue weighted by Gasteiger charge is 2.41. The van der Waals surface area contributed by atoms with Crippen molar-refractivity contribution in [2.45, 2.75) is 0 Å². The maximum atomic E-state index is 13.9. The number of benzene rings is 3. The van der Waals surface area contributed by atoms with Crippen LogP contribution in [0.25, 0.3) is 5.57 Å². The minimum atomic E-state index is -1.17. The van der Waals surface area contributed by atoms with Gasteiger partial charge in [-0.3, -0.25) is 9.59 Å². The molecule has 0 bridgehead atoms. The Labute approximate surface area is 182 Å². The molecule has 0 saturated heterocycles. The molecule has 1 heterocycles. The molecule has 3 aromatic rings. The summed E-state index contributed by atoms with van der Waals surface area (Å²) in [5, 5.41) is 2.99. The molecule has 1 N–H and O–H groups in total. The molecular formula is C24H18F2N2O4. The van der Waals surface area contributed by atoms with E-state index in [2.05, 4.69) is 5.32 Å². The molecular weight excluding hydrogens is 418 g/mol. The Kier molecular flexibility index (Phi) is 5.59. The zero-order chi connectivity index (χ0) is 22.8. The van der Waals surface area contributed by atoms with Gasteiger partial charge in [0.2, 0.25) is 0 Å². The maximum absolute atomic E-state index is 13.9. The molecule has 0 aliphatic carbocycles. The van der Waals surface area contributed by atoms with Crippen molar-refractivity contribution in [3.8, 4) is 11.5 Å². The van der Waals surface area contributed by atoms with Gasteiger partial charge in [-0.2, -0.15) is 0 Å². The number of amides is 2. The van der Waals surface area contributed by atoms with E-state index in [-0.39, 0.29) is 17.0 Å². The summed E-state index contributed by atoms with van der Waals surface area (Å²) in [6, 6.07) is 16.4. The number of ether oxygens (including phenoxy) is 2. The van der Waals surface area contributed by atoms with Crippen LogP contribution in [-0.4, -0.2) is 26.0 Å². The molecule has 8 heteroatoms. The summed E-state index contributed by atoms with van der Waals surface area (Å²) < 4.78 is 38.0. The van der Waals surface area contributed by atoms with E-state index >= 15 is 0 Å². The quantitative estimate of drug-likeness (QED) is 0.581. The Bertz CT molecular complexity index is 1260. The molecule has 162 valence electrons. The van der Waals surface area contributed by atoms with Crippen LogP contribution in [0.5, 0.6) is 11.5 Å². The van der Waals surface area contributed by atoms with Crippen molar-refractivity contribution in [3.63, 3.8) is 0 Å². The predicted molar refractivity (Wildman–Crippen MR) is 115 cm³/mol. The van der Waals surface area contributed by atoms with Gasteiger partial charge in [-0.05, 0) is 30.3 Å². The Morgan fingerprint density at radius 2 is 1.44 bits per heavy atom. The highest BCUT2D eigenvalue weighted by molar-refractivity contribution is 6.46. The maximum Gasteiger partial charge on any atom is 0.282 e. The molecule has 0 atom stereocenters. The topological polar surface area (TPSA) is 67.9 Å². The van der Waals surface area contributed by atoms with Crippen LogP contribution in [0, 0.1) is 11.6 Å². The van der Waals surface area contributed by atoms with Crippen molar-refractivity contribution >= 4 is 28.8 Å². The number of nitrogens with one attached hydrogen (secondary N) is 1. The molecule has 2 amide bonds. The number of hydrogen-bond acceptors (Lipinski definition) is 5. The van der Waals surface area contributed by atoms with E-state index in [1.54, 1.807) is 48.5 Å². The van der Waals surface area contributed by atoms with Gasteiger partial charge < -0.3 is 14.8 Å². The number of imide groups is 1. The first-order valence-electron chi connectivity index (χ1n) is 9.57. The second-order valence-corrected chi connectivity index (χ2v) is 6.82. The molecule has 0 unspecified atom stereocenters. The molecule has 32 heavy (non-hydrogen) atoms. The van der Waals surface area contributed by atoms with Crippen LogP contribution in [0.3, 0.4) is 0 Å². The average molecular weight is 436 g/mol. The van der Waals surface area contributed by atoms with Crippen LogP contribution >= 0.6 is 0 Å². The van der Waals surface area contributed by atoms with Gasteiger partial charge in [0.15, 0.2) is 11.6 Å². The largest absolute Gasteiger partial charge is 0.496 e. The van der Waals surface area contributed by atoms with Gasteiger partial charge in [0.25, 0.3) is 11.8 Å². The van der Waals surface area contributed by atoms with Crippen LogP contribution < -0.4 is 19.7 Å². The van der Waals surface area contributed by atoms with Gasteiger partial charge in [0.1, 0.15) is 17.2 Å². The molecule has 0 radical (unpaired) electrons. The monoisotopic (exact) mass is 436 g/mol. The van der Waals surface area contributed by atoms with Crippen molar-refractivity contribution in [1.82, 2.24) is 0 Å². The van der Waals surface area contributed by atoms with E-state index < -0.39 is 23.4 Å². The van der Waals surface area contributed by atoms with Gasteiger partial charge in [-0.25, -0.2) is 13.7 Å². The third kappa shape index (κ3) is 3.56. The Hall–Kier alpha value is -4.20. The molecule has 3 aromatic carbocycles. The molecule has 0 spiro atoms. The smallest absolute Gasteiger partial charge is 0.282 e. The molecule has 0 saturated carbocycles. The van der Waals surface area contributed by atoms with Crippen LogP contribution in [0.1, 0.15) is 5.56 Å². The van der Waals surface area contributed by atoms with E-state index in [1.807, 2.05) is 0 Å². The van der Waals surface area contributed by atoms with E-state index in [0.717, 1.165) is 17.0 Å². The molecule has 1 aliphatic rings. The lowest BCUT2D eigenvalue weighted by molar-refractivity contribution is -0.120. The van der Waals surface area contributed by atoms with Crippen molar-refractivity contribution in [2.24, 2.45) is 0 Å². The minimum Gasteiger partial charge on any atom is -0.496 e. The Morgan fingerprint density at radius 1 is 0.781 bits per heavy atom. The summed E-state index contributed by atoms with van der Waals surface area (Å²) in [5.74, 6) is -2.87. The summed E-state index contributed by atoms with van der Waals surface area (Å²) >= 11 is 0. The molecule has 4 rings (SSSR count). The standard InChI is InChI=1S/C24H18F2N2O4/c1-31-19-9-5-3-7-15(19)21-22(27-18-8-4-6-10-20(18)32-2)24(30)28(23(21)29)14-11-12-16(25)17(26)13-14/h3-13,27H,1-2H3. The summed E-state index contributed by atoms with van der Waals surface area (Å²) in [6.07, 6.45) is 0. The van der Waals surface area contributed by atoms with Gasteiger partial charge >= 0.3 is 0 Å². The zero-order valence-electron chi connectivity index (χ0n) is 17.2. The third-order valence-electron chi connectivity index (χ3n) is 4.99. The SMILES string of the molecule is COc1ccccc1NC1=C(c2ccccc2OC)C(=O)N(c2ccc(F)c(F)c2)C1=O. The van der Waals surface area contributed by atoms with Gasteiger partial charge in [-0.1, -0.05) is 30.3 Å². The van der Waals surface area contributed by atoms with Crippen LogP contribution in [0.2, 0.25) is 0 Å². The first-order chi connectivity index (χ1) is 15.5. The minimum absolute atomic E-state index is 0.0306. The number of nitrogens with zero attached hydrogens (tertiary/aromatic N) is 1. The van der Waals surface area contributed by atoms with Crippen molar-refractivity contribution in [1.29, 1.82) is 0 Å². The van der Waals surface area contributed by atoms with Crippen LogP contribution in [0.4, 0.5) is 20.2 Å². The third-order valence-corrected chi connectivity index (χ3v) is 4.99. The van der Waals surface area contributed by atoms with Gasteiger partial charge in [0, 0.05) is 11.6 Å². The fourth-order valence-electron chi connectivity index (χ4n) is 3.49. The lowest BCUT2D eigenvalue weighted by Gasteiger charge is -2.16. The lowest BCUT2D eigenvalue weighted by Crippen LogP contribution is -2.32. The number of hydrogen-bond donors (Lipinski definition) is 1. The summed E-state index contributed by atoms with van der Waals surface area (Å²) in [5.41, 5.74) is 0.710. The highest BCUT2D eigenvalue weighted by atomic mass is 19.2.